The molecule has 0 aromatic heterocycles. The van der Waals surface area contributed by atoms with E-state index in [-0.39, 0.29) is 11.5 Å². The summed E-state index contributed by atoms with van der Waals surface area (Å²) in [6.45, 7) is -0.359. The Morgan fingerprint density at radius 3 is 2.38 bits per heavy atom. The fourth-order valence-electron chi connectivity index (χ4n) is 1.78. The van der Waals surface area contributed by atoms with Crippen molar-refractivity contribution in [3.63, 3.8) is 0 Å². The van der Waals surface area contributed by atoms with Crippen LogP contribution in [0.5, 0.6) is 0 Å². The van der Waals surface area contributed by atoms with Crippen LogP contribution < -0.4 is 4.31 Å². The Bertz CT molecular complexity index is 747. The second-order valence-electron chi connectivity index (χ2n) is 4.36. The SMILES string of the molecule is CN(c1ccc(F)cc1)S(=O)(=O)c1ccc(Cl)c(CO)c1. The molecule has 0 atom stereocenters. The summed E-state index contributed by atoms with van der Waals surface area (Å²) in [4.78, 5) is 0.00257. The maximum Gasteiger partial charge on any atom is 0.264 e. The fourth-order valence-corrected chi connectivity index (χ4v) is 3.20. The Morgan fingerprint density at radius 1 is 1.19 bits per heavy atom. The summed E-state index contributed by atoms with van der Waals surface area (Å²) in [6, 6.07) is 9.20. The summed E-state index contributed by atoms with van der Waals surface area (Å²) in [5.41, 5.74) is 0.655. The van der Waals surface area contributed by atoms with Crippen LogP contribution in [0.2, 0.25) is 5.02 Å². The molecule has 0 saturated heterocycles. The molecular formula is C14H13ClFNO3S. The molecule has 112 valence electrons. The van der Waals surface area contributed by atoms with Gasteiger partial charge in [0.1, 0.15) is 5.82 Å². The van der Waals surface area contributed by atoms with Crippen LogP contribution in [0.4, 0.5) is 10.1 Å². The molecule has 2 aromatic carbocycles. The first-order valence-electron chi connectivity index (χ1n) is 6.00. The van der Waals surface area contributed by atoms with Gasteiger partial charge in [0.25, 0.3) is 10.0 Å². The Morgan fingerprint density at radius 2 is 1.81 bits per heavy atom. The lowest BCUT2D eigenvalue weighted by molar-refractivity contribution is 0.281. The minimum absolute atomic E-state index is 0.00257. The number of hydrogen-bond acceptors (Lipinski definition) is 3. The minimum atomic E-state index is -3.81. The van der Waals surface area contributed by atoms with Gasteiger partial charge in [0.15, 0.2) is 0 Å². The molecule has 0 unspecified atom stereocenters. The molecule has 4 nitrogen and oxygen atoms in total. The van der Waals surface area contributed by atoms with Gasteiger partial charge in [-0.1, -0.05) is 11.6 Å². The highest BCUT2D eigenvalue weighted by Gasteiger charge is 2.22. The number of halogens is 2. The molecule has 2 rings (SSSR count). The van der Waals surface area contributed by atoms with Crippen molar-refractivity contribution < 1.29 is 17.9 Å². The molecule has 0 bridgehead atoms. The maximum atomic E-state index is 12.9. The van der Waals surface area contributed by atoms with Crippen molar-refractivity contribution in [2.24, 2.45) is 0 Å². The molecule has 0 aliphatic carbocycles. The summed E-state index contributed by atoms with van der Waals surface area (Å²) in [5.74, 6) is -0.446. The van der Waals surface area contributed by atoms with E-state index in [1.54, 1.807) is 0 Å². The van der Waals surface area contributed by atoms with E-state index in [4.69, 9.17) is 16.7 Å². The molecule has 0 spiro atoms. The Labute approximate surface area is 127 Å². The zero-order valence-electron chi connectivity index (χ0n) is 11.1. The van der Waals surface area contributed by atoms with E-state index in [9.17, 15) is 12.8 Å². The van der Waals surface area contributed by atoms with E-state index < -0.39 is 15.8 Å². The Kier molecular flexibility index (Phi) is 4.51. The number of anilines is 1. The van der Waals surface area contributed by atoms with Gasteiger partial charge in [-0.15, -0.1) is 0 Å². The van der Waals surface area contributed by atoms with Crippen molar-refractivity contribution in [2.45, 2.75) is 11.5 Å². The highest BCUT2D eigenvalue weighted by molar-refractivity contribution is 7.92. The highest BCUT2D eigenvalue weighted by atomic mass is 35.5. The number of aliphatic hydroxyl groups excluding tert-OH is 1. The van der Waals surface area contributed by atoms with Crippen molar-refractivity contribution >= 4 is 27.3 Å². The number of rotatable bonds is 4. The van der Waals surface area contributed by atoms with Crippen LogP contribution in [0.3, 0.4) is 0 Å². The predicted molar refractivity (Wildman–Crippen MR) is 79.4 cm³/mol. The quantitative estimate of drug-likeness (QED) is 0.938. The van der Waals surface area contributed by atoms with Gasteiger partial charge in [-0.25, -0.2) is 12.8 Å². The number of benzene rings is 2. The third-order valence-corrected chi connectivity index (χ3v) is 5.19. The summed E-state index contributed by atoms with van der Waals surface area (Å²) in [6.07, 6.45) is 0. The van der Waals surface area contributed by atoms with Crippen molar-refractivity contribution in [2.75, 3.05) is 11.4 Å². The third kappa shape index (κ3) is 3.18. The molecule has 2 aromatic rings. The zero-order chi connectivity index (χ0) is 15.6. The average molecular weight is 330 g/mol. The van der Waals surface area contributed by atoms with Gasteiger partial charge in [-0.3, -0.25) is 4.31 Å². The number of nitrogens with zero attached hydrogens (tertiary/aromatic N) is 1. The first-order chi connectivity index (χ1) is 9.86. The van der Waals surface area contributed by atoms with Gasteiger partial charge >= 0.3 is 0 Å². The van der Waals surface area contributed by atoms with Gasteiger partial charge < -0.3 is 5.11 Å². The Balaban J connectivity index is 2.43. The lowest BCUT2D eigenvalue weighted by atomic mass is 10.2. The minimum Gasteiger partial charge on any atom is -0.392 e. The van der Waals surface area contributed by atoms with Crippen molar-refractivity contribution in [3.8, 4) is 0 Å². The third-order valence-electron chi connectivity index (χ3n) is 3.04. The predicted octanol–water partition coefficient (Wildman–Crippen LogP) is 2.80. The van der Waals surface area contributed by atoms with Crippen molar-refractivity contribution in [1.29, 1.82) is 0 Å². The fraction of sp³-hybridized carbons (Fsp3) is 0.143. The molecule has 0 fully saturated rings. The van der Waals surface area contributed by atoms with Gasteiger partial charge in [0.2, 0.25) is 0 Å². The summed E-state index contributed by atoms with van der Waals surface area (Å²) >= 11 is 5.85. The summed E-state index contributed by atoms with van der Waals surface area (Å²) in [7, 11) is -2.44. The molecule has 0 amide bonds. The zero-order valence-corrected chi connectivity index (χ0v) is 12.7. The van der Waals surface area contributed by atoms with E-state index in [1.165, 1.54) is 49.5 Å². The lowest BCUT2D eigenvalue weighted by Gasteiger charge is -2.20. The van der Waals surface area contributed by atoms with Crippen LogP contribution in [0.1, 0.15) is 5.56 Å². The summed E-state index contributed by atoms with van der Waals surface area (Å²) in [5, 5.41) is 9.45. The standard InChI is InChI=1S/C14H13ClFNO3S/c1-17(12-4-2-11(16)3-5-12)21(19,20)13-6-7-14(15)10(8-13)9-18/h2-8,18H,9H2,1H3. The highest BCUT2D eigenvalue weighted by Crippen LogP contribution is 2.25. The molecule has 1 N–H and O–H groups in total. The second kappa shape index (κ2) is 6.01. The molecule has 0 aliphatic rings. The van der Waals surface area contributed by atoms with E-state index in [2.05, 4.69) is 0 Å². The van der Waals surface area contributed by atoms with E-state index in [0.29, 0.717) is 16.3 Å². The lowest BCUT2D eigenvalue weighted by Crippen LogP contribution is -2.26. The van der Waals surface area contributed by atoms with Crippen LogP contribution >= 0.6 is 11.6 Å². The van der Waals surface area contributed by atoms with E-state index in [1.807, 2.05) is 0 Å². The van der Waals surface area contributed by atoms with Gasteiger partial charge in [0.05, 0.1) is 17.2 Å². The van der Waals surface area contributed by atoms with Crippen LogP contribution in [0.25, 0.3) is 0 Å². The monoisotopic (exact) mass is 329 g/mol. The number of sulfonamides is 1. The second-order valence-corrected chi connectivity index (χ2v) is 6.74. The van der Waals surface area contributed by atoms with Crippen LogP contribution in [-0.4, -0.2) is 20.6 Å². The van der Waals surface area contributed by atoms with E-state index >= 15 is 0 Å². The number of hydrogen-bond donors (Lipinski definition) is 1. The molecule has 21 heavy (non-hydrogen) atoms. The molecular weight excluding hydrogens is 317 g/mol. The van der Waals surface area contributed by atoms with Crippen LogP contribution in [-0.2, 0) is 16.6 Å². The average Bonchev–Trinajstić information content (AvgIpc) is 2.47. The van der Waals surface area contributed by atoms with Crippen LogP contribution in [0.15, 0.2) is 47.4 Å². The van der Waals surface area contributed by atoms with Gasteiger partial charge in [-0.05, 0) is 48.0 Å². The number of aliphatic hydroxyl groups is 1. The largest absolute Gasteiger partial charge is 0.392 e. The van der Waals surface area contributed by atoms with Crippen molar-refractivity contribution in [3.05, 3.63) is 58.9 Å². The van der Waals surface area contributed by atoms with Crippen LogP contribution in [0, 0.1) is 5.82 Å². The van der Waals surface area contributed by atoms with Crippen molar-refractivity contribution in [1.82, 2.24) is 0 Å². The molecule has 0 saturated carbocycles. The smallest absolute Gasteiger partial charge is 0.264 e. The molecule has 0 radical (unpaired) electrons. The molecule has 7 heteroatoms. The summed E-state index contributed by atoms with van der Waals surface area (Å²) < 4.78 is 38.9. The Hall–Kier alpha value is -1.63. The van der Waals surface area contributed by atoms with Gasteiger partial charge in [0, 0.05) is 12.1 Å². The molecule has 0 heterocycles. The first-order valence-corrected chi connectivity index (χ1v) is 7.82. The topological polar surface area (TPSA) is 57.6 Å². The van der Waals surface area contributed by atoms with E-state index in [0.717, 1.165) is 4.31 Å². The molecule has 0 aliphatic heterocycles. The first kappa shape index (κ1) is 15.8. The van der Waals surface area contributed by atoms with Gasteiger partial charge in [-0.2, -0.15) is 0 Å². The maximum absolute atomic E-state index is 12.9. The normalized spacial score (nSPS) is 11.4.